The van der Waals surface area contributed by atoms with Crippen molar-refractivity contribution in [2.45, 2.75) is 31.8 Å². The molecule has 0 saturated heterocycles. The van der Waals surface area contributed by atoms with E-state index in [1.807, 2.05) is 44.2 Å². The molecule has 0 fully saturated rings. The van der Waals surface area contributed by atoms with E-state index in [0.29, 0.717) is 17.1 Å². The zero-order valence-corrected chi connectivity index (χ0v) is 17.9. The fourth-order valence-electron chi connectivity index (χ4n) is 3.52. The molecule has 156 valence electrons. The molecule has 1 amide bonds. The minimum Gasteiger partial charge on any atom is -0.497 e. The summed E-state index contributed by atoms with van der Waals surface area (Å²) in [5, 5.41) is 7.42. The Hall–Kier alpha value is -3.13. The lowest BCUT2D eigenvalue weighted by molar-refractivity contribution is -0.115. The van der Waals surface area contributed by atoms with Gasteiger partial charge >= 0.3 is 0 Å². The molecule has 8 heteroatoms. The second-order valence-corrected chi connectivity index (χ2v) is 9.62. The van der Waals surface area contributed by atoms with E-state index in [1.165, 1.54) is 0 Å². The number of benzene rings is 2. The van der Waals surface area contributed by atoms with Gasteiger partial charge in [0.15, 0.2) is 9.84 Å². The molecule has 1 aromatic heterocycles. The molecule has 2 heterocycles. The summed E-state index contributed by atoms with van der Waals surface area (Å²) in [6.07, 6.45) is 0.156. The number of amides is 1. The molecule has 7 nitrogen and oxygen atoms in total. The van der Waals surface area contributed by atoms with E-state index in [9.17, 15) is 13.2 Å². The monoisotopic (exact) mass is 425 g/mol. The fourth-order valence-corrected chi connectivity index (χ4v) is 5.01. The first-order valence-corrected chi connectivity index (χ1v) is 11.4. The van der Waals surface area contributed by atoms with Crippen molar-refractivity contribution in [1.82, 2.24) is 9.78 Å². The first-order chi connectivity index (χ1) is 14.3. The SMILES string of the molecule is COc1ccc(CC(=O)Nc2c3c(nn2-c2ccc(C)c(C)c2)CS(=O)(=O)C3)cc1. The molecule has 2 aromatic carbocycles. The molecule has 0 atom stereocenters. The molecule has 4 rings (SSSR count). The molecule has 0 unspecified atom stereocenters. The molecule has 0 bridgehead atoms. The maximum atomic E-state index is 12.8. The van der Waals surface area contributed by atoms with Gasteiger partial charge in [-0.05, 0) is 54.8 Å². The third-order valence-electron chi connectivity index (χ3n) is 5.30. The van der Waals surface area contributed by atoms with Gasteiger partial charge in [0.1, 0.15) is 11.6 Å². The number of carbonyl (C=O) groups excluding carboxylic acids is 1. The standard InChI is InChI=1S/C22H23N3O4S/c1-14-4-7-17(10-15(14)2)25-22(19-12-30(27,28)13-20(19)24-25)23-21(26)11-16-5-8-18(29-3)9-6-16/h4-10H,11-13H2,1-3H3,(H,23,26). The average Bonchev–Trinajstić information content (AvgIpc) is 3.17. The van der Waals surface area contributed by atoms with Crippen molar-refractivity contribution < 1.29 is 17.9 Å². The van der Waals surface area contributed by atoms with Gasteiger partial charge < -0.3 is 10.1 Å². The van der Waals surface area contributed by atoms with E-state index in [0.717, 1.165) is 28.1 Å². The van der Waals surface area contributed by atoms with E-state index < -0.39 is 9.84 Å². The summed E-state index contributed by atoms with van der Waals surface area (Å²) >= 11 is 0. The van der Waals surface area contributed by atoms with Crippen molar-refractivity contribution in [3.8, 4) is 11.4 Å². The number of nitrogens with zero attached hydrogens (tertiary/aromatic N) is 2. The Labute approximate surface area is 175 Å². The van der Waals surface area contributed by atoms with Gasteiger partial charge in [-0.3, -0.25) is 4.79 Å². The molecule has 1 N–H and O–H groups in total. The first kappa shape index (κ1) is 20.2. The van der Waals surface area contributed by atoms with Gasteiger partial charge in [-0.2, -0.15) is 5.10 Å². The zero-order valence-electron chi connectivity index (χ0n) is 17.1. The van der Waals surface area contributed by atoms with Crippen molar-refractivity contribution in [2.24, 2.45) is 0 Å². The second kappa shape index (κ2) is 7.60. The van der Waals surface area contributed by atoms with Crippen LogP contribution in [0.1, 0.15) is 27.9 Å². The summed E-state index contributed by atoms with van der Waals surface area (Å²) in [6, 6.07) is 13.1. The first-order valence-electron chi connectivity index (χ1n) is 9.57. The Balaban J connectivity index is 1.66. The lowest BCUT2D eigenvalue weighted by Crippen LogP contribution is -2.18. The minimum absolute atomic E-state index is 0.110. The normalized spacial score (nSPS) is 14.4. The Kier molecular flexibility index (Phi) is 5.11. The smallest absolute Gasteiger partial charge is 0.229 e. The number of carbonyl (C=O) groups is 1. The quantitative estimate of drug-likeness (QED) is 0.678. The van der Waals surface area contributed by atoms with Gasteiger partial charge in [0.05, 0.1) is 36.4 Å². The van der Waals surface area contributed by atoms with Crippen molar-refractivity contribution in [3.63, 3.8) is 0 Å². The fraction of sp³-hybridized carbons (Fsp3) is 0.273. The minimum atomic E-state index is -3.24. The molecule has 1 aliphatic heterocycles. The van der Waals surface area contributed by atoms with E-state index in [4.69, 9.17) is 4.74 Å². The second-order valence-electron chi connectivity index (χ2n) is 7.56. The number of rotatable bonds is 5. The maximum Gasteiger partial charge on any atom is 0.229 e. The lowest BCUT2D eigenvalue weighted by atomic mass is 10.1. The molecule has 0 saturated carbocycles. The van der Waals surface area contributed by atoms with E-state index in [1.54, 1.807) is 23.9 Å². The number of sulfone groups is 1. The highest BCUT2D eigenvalue weighted by Gasteiger charge is 2.33. The van der Waals surface area contributed by atoms with Crippen molar-refractivity contribution in [1.29, 1.82) is 0 Å². The van der Waals surface area contributed by atoms with Gasteiger partial charge in [-0.15, -0.1) is 0 Å². The number of nitrogens with one attached hydrogen (secondary N) is 1. The number of fused-ring (bicyclic) bond motifs is 1. The summed E-state index contributed by atoms with van der Waals surface area (Å²) < 4.78 is 31.0. The highest BCUT2D eigenvalue weighted by molar-refractivity contribution is 7.90. The molecule has 1 aliphatic rings. The highest BCUT2D eigenvalue weighted by atomic mass is 32.2. The Morgan fingerprint density at radius 2 is 1.83 bits per heavy atom. The molecule has 0 spiro atoms. The number of aryl methyl sites for hydroxylation is 2. The van der Waals surface area contributed by atoms with Crippen LogP contribution >= 0.6 is 0 Å². The summed E-state index contributed by atoms with van der Waals surface area (Å²) in [4.78, 5) is 12.8. The van der Waals surface area contributed by atoms with Crippen LogP contribution in [0.4, 0.5) is 5.82 Å². The predicted molar refractivity (Wildman–Crippen MR) is 115 cm³/mol. The maximum absolute atomic E-state index is 12.8. The van der Waals surface area contributed by atoms with Gasteiger partial charge in [0, 0.05) is 5.56 Å². The predicted octanol–water partition coefficient (Wildman–Crippen LogP) is 3.11. The van der Waals surface area contributed by atoms with Gasteiger partial charge in [-0.25, -0.2) is 13.1 Å². The third-order valence-corrected chi connectivity index (χ3v) is 6.75. The Morgan fingerprint density at radius 1 is 1.10 bits per heavy atom. The van der Waals surface area contributed by atoms with E-state index >= 15 is 0 Å². The van der Waals surface area contributed by atoms with Crippen molar-refractivity contribution in [2.75, 3.05) is 12.4 Å². The van der Waals surface area contributed by atoms with Gasteiger partial charge in [0.25, 0.3) is 0 Å². The molecular formula is C22H23N3O4S. The largest absolute Gasteiger partial charge is 0.497 e. The molecule has 3 aromatic rings. The van der Waals surface area contributed by atoms with Crippen LogP contribution in [-0.4, -0.2) is 31.2 Å². The highest BCUT2D eigenvalue weighted by Crippen LogP contribution is 2.33. The van der Waals surface area contributed by atoms with Crippen LogP contribution in [-0.2, 0) is 32.6 Å². The summed E-state index contributed by atoms with van der Waals surface area (Å²) in [6.45, 7) is 4.02. The number of ether oxygens (including phenoxy) is 1. The van der Waals surface area contributed by atoms with Crippen LogP contribution in [0.3, 0.4) is 0 Å². The van der Waals surface area contributed by atoms with Crippen LogP contribution in [0.2, 0.25) is 0 Å². The van der Waals surface area contributed by atoms with Crippen LogP contribution in [0, 0.1) is 13.8 Å². The number of hydrogen-bond donors (Lipinski definition) is 1. The van der Waals surface area contributed by atoms with Crippen LogP contribution in [0.15, 0.2) is 42.5 Å². The molecule has 0 aliphatic carbocycles. The average molecular weight is 426 g/mol. The van der Waals surface area contributed by atoms with Gasteiger partial charge in [-0.1, -0.05) is 18.2 Å². The Morgan fingerprint density at radius 3 is 2.50 bits per heavy atom. The number of hydrogen-bond acceptors (Lipinski definition) is 5. The summed E-state index contributed by atoms with van der Waals surface area (Å²) in [5.74, 6) is 0.674. The van der Waals surface area contributed by atoms with Crippen LogP contribution < -0.4 is 10.1 Å². The summed E-state index contributed by atoms with van der Waals surface area (Å²) in [5.41, 5.74) is 4.90. The number of anilines is 1. The lowest BCUT2D eigenvalue weighted by Gasteiger charge is -2.12. The summed E-state index contributed by atoms with van der Waals surface area (Å²) in [7, 11) is -1.65. The van der Waals surface area contributed by atoms with Crippen molar-refractivity contribution >= 4 is 21.6 Å². The van der Waals surface area contributed by atoms with Gasteiger partial charge in [0.2, 0.25) is 5.91 Å². The Bertz CT molecular complexity index is 1230. The topological polar surface area (TPSA) is 90.3 Å². The third kappa shape index (κ3) is 3.95. The molecular weight excluding hydrogens is 402 g/mol. The van der Waals surface area contributed by atoms with E-state index in [2.05, 4.69) is 10.4 Å². The zero-order chi connectivity index (χ0) is 21.5. The van der Waals surface area contributed by atoms with E-state index in [-0.39, 0.29) is 23.8 Å². The van der Waals surface area contributed by atoms with Crippen LogP contribution in [0.25, 0.3) is 5.69 Å². The van der Waals surface area contributed by atoms with Crippen LogP contribution in [0.5, 0.6) is 5.75 Å². The number of aromatic nitrogens is 2. The molecule has 0 radical (unpaired) electrons. The molecule has 30 heavy (non-hydrogen) atoms. The van der Waals surface area contributed by atoms with Crippen molar-refractivity contribution in [3.05, 3.63) is 70.4 Å². The number of methoxy groups -OCH3 is 1.